The van der Waals surface area contributed by atoms with Gasteiger partial charge in [-0.05, 0) is 29.8 Å². The van der Waals surface area contributed by atoms with Gasteiger partial charge in [-0.25, -0.2) is 13.8 Å². The molecule has 0 amide bonds. The Morgan fingerprint density at radius 3 is 2.65 bits per heavy atom. The van der Waals surface area contributed by atoms with E-state index in [1.54, 1.807) is 18.3 Å². The Hall–Kier alpha value is -2.17. The molecule has 3 nitrogen and oxygen atoms in total. The molecule has 0 fully saturated rings. The van der Waals surface area contributed by atoms with Crippen molar-refractivity contribution in [3.05, 3.63) is 53.7 Å². The third-order valence-electron chi connectivity index (χ3n) is 2.14. The number of anilines is 1. The molecule has 17 heavy (non-hydrogen) atoms. The molecule has 0 aliphatic rings. The van der Waals surface area contributed by atoms with Gasteiger partial charge in [-0.15, -0.1) is 0 Å². The molecule has 0 aliphatic heterocycles. The Morgan fingerprint density at radius 1 is 1.12 bits per heavy atom. The summed E-state index contributed by atoms with van der Waals surface area (Å²) in [6.07, 6.45) is 1.55. The van der Waals surface area contributed by atoms with Crippen LogP contribution in [0.4, 0.5) is 14.6 Å². The summed E-state index contributed by atoms with van der Waals surface area (Å²) in [5.74, 6) is -1.18. The number of hydrogen-bond acceptors (Lipinski definition) is 3. The van der Waals surface area contributed by atoms with Crippen LogP contribution in [-0.2, 0) is 6.61 Å². The molecule has 0 bridgehead atoms. The first-order chi connectivity index (χ1) is 8.15. The van der Waals surface area contributed by atoms with Gasteiger partial charge in [0.2, 0.25) is 0 Å². The van der Waals surface area contributed by atoms with Crippen molar-refractivity contribution in [3.63, 3.8) is 0 Å². The van der Waals surface area contributed by atoms with E-state index in [1.165, 1.54) is 6.07 Å². The van der Waals surface area contributed by atoms with Crippen molar-refractivity contribution in [1.29, 1.82) is 0 Å². The fourth-order valence-corrected chi connectivity index (χ4v) is 1.32. The molecule has 0 saturated carbocycles. The topological polar surface area (TPSA) is 48.1 Å². The Kier molecular flexibility index (Phi) is 3.18. The van der Waals surface area contributed by atoms with Gasteiger partial charge in [0.1, 0.15) is 18.2 Å². The third kappa shape index (κ3) is 2.90. The number of nitrogen functional groups attached to an aromatic ring is 1. The van der Waals surface area contributed by atoms with Crippen LogP contribution in [0.15, 0.2) is 36.5 Å². The lowest BCUT2D eigenvalue weighted by Crippen LogP contribution is -1.98. The van der Waals surface area contributed by atoms with Gasteiger partial charge in [0.25, 0.3) is 0 Å². The maximum absolute atomic E-state index is 12.9. The van der Waals surface area contributed by atoms with Gasteiger partial charge in [-0.2, -0.15) is 0 Å². The Morgan fingerprint density at radius 2 is 1.94 bits per heavy atom. The number of nitrogens with zero attached hydrogens (tertiary/aromatic N) is 1. The SMILES string of the molecule is Nc1cc(COc2ccc(F)c(F)c2)ccn1. The predicted molar refractivity (Wildman–Crippen MR) is 59.3 cm³/mol. The molecule has 2 rings (SSSR count). The minimum Gasteiger partial charge on any atom is -0.489 e. The molecule has 1 aromatic heterocycles. The van der Waals surface area contributed by atoms with Crippen LogP contribution in [0.2, 0.25) is 0 Å². The second-order valence-corrected chi connectivity index (χ2v) is 3.45. The van der Waals surface area contributed by atoms with Gasteiger partial charge in [0.05, 0.1) is 0 Å². The Bertz CT molecular complexity index is 532. The summed E-state index contributed by atoms with van der Waals surface area (Å²) in [5.41, 5.74) is 6.30. The standard InChI is InChI=1S/C12H10F2N2O/c13-10-2-1-9(6-11(10)14)17-7-8-3-4-16-12(15)5-8/h1-6H,7H2,(H2,15,16). The van der Waals surface area contributed by atoms with Crippen LogP contribution >= 0.6 is 0 Å². The quantitative estimate of drug-likeness (QED) is 0.890. The van der Waals surface area contributed by atoms with Crippen LogP contribution in [0.5, 0.6) is 5.75 Å². The maximum atomic E-state index is 12.9. The molecule has 0 radical (unpaired) electrons. The molecule has 88 valence electrons. The van der Waals surface area contributed by atoms with Gasteiger partial charge in [0, 0.05) is 12.3 Å². The Balaban J connectivity index is 2.05. The zero-order valence-electron chi connectivity index (χ0n) is 8.86. The van der Waals surface area contributed by atoms with Crippen molar-refractivity contribution in [3.8, 4) is 5.75 Å². The summed E-state index contributed by atoms with van der Waals surface area (Å²) in [6, 6.07) is 6.77. The molecule has 2 N–H and O–H groups in total. The first-order valence-electron chi connectivity index (χ1n) is 4.93. The average molecular weight is 236 g/mol. The van der Waals surface area contributed by atoms with Crippen LogP contribution in [0.3, 0.4) is 0 Å². The van der Waals surface area contributed by atoms with Crippen molar-refractivity contribution in [1.82, 2.24) is 4.98 Å². The third-order valence-corrected chi connectivity index (χ3v) is 2.14. The second kappa shape index (κ2) is 4.78. The number of ether oxygens (including phenoxy) is 1. The molecule has 0 saturated heterocycles. The lowest BCUT2D eigenvalue weighted by molar-refractivity contribution is 0.303. The molecule has 0 spiro atoms. The summed E-state index contributed by atoms with van der Waals surface area (Å²) in [7, 11) is 0. The Labute approximate surface area is 96.9 Å². The first kappa shape index (κ1) is 11.3. The zero-order chi connectivity index (χ0) is 12.3. The monoisotopic (exact) mass is 236 g/mol. The average Bonchev–Trinajstić information content (AvgIpc) is 2.31. The van der Waals surface area contributed by atoms with Crippen molar-refractivity contribution in [2.24, 2.45) is 0 Å². The molecule has 0 aliphatic carbocycles. The number of nitrogens with two attached hydrogens (primary N) is 1. The number of aromatic nitrogens is 1. The van der Waals surface area contributed by atoms with E-state index in [0.717, 1.165) is 17.7 Å². The fraction of sp³-hybridized carbons (Fsp3) is 0.0833. The van der Waals surface area contributed by atoms with Crippen LogP contribution < -0.4 is 10.5 Å². The number of halogens is 2. The molecule has 1 heterocycles. The van der Waals surface area contributed by atoms with Gasteiger partial charge < -0.3 is 10.5 Å². The minimum absolute atomic E-state index is 0.220. The van der Waals surface area contributed by atoms with E-state index in [0.29, 0.717) is 5.82 Å². The second-order valence-electron chi connectivity index (χ2n) is 3.45. The highest BCUT2D eigenvalue weighted by Gasteiger charge is 2.03. The highest BCUT2D eigenvalue weighted by Crippen LogP contribution is 2.17. The van der Waals surface area contributed by atoms with Crippen LogP contribution in [0, 0.1) is 11.6 Å². The van der Waals surface area contributed by atoms with Gasteiger partial charge in [0.15, 0.2) is 11.6 Å². The van der Waals surface area contributed by atoms with Gasteiger partial charge in [-0.1, -0.05) is 0 Å². The van der Waals surface area contributed by atoms with Gasteiger partial charge in [-0.3, -0.25) is 0 Å². The van der Waals surface area contributed by atoms with Crippen molar-refractivity contribution in [2.75, 3.05) is 5.73 Å². The molecule has 2 aromatic rings. The molecule has 0 unspecified atom stereocenters. The summed E-state index contributed by atoms with van der Waals surface area (Å²) < 4.78 is 30.8. The summed E-state index contributed by atoms with van der Waals surface area (Å²) in [4.78, 5) is 3.83. The summed E-state index contributed by atoms with van der Waals surface area (Å²) >= 11 is 0. The van der Waals surface area contributed by atoms with Crippen LogP contribution in [0.1, 0.15) is 5.56 Å². The van der Waals surface area contributed by atoms with Crippen molar-refractivity contribution >= 4 is 5.82 Å². The van der Waals surface area contributed by atoms with Crippen molar-refractivity contribution < 1.29 is 13.5 Å². The highest BCUT2D eigenvalue weighted by molar-refractivity contribution is 5.32. The zero-order valence-corrected chi connectivity index (χ0v) is 8.86. The lowest BCUT2D eigenvalue weighted by atomic mass is 10.3. The molecule has 0 atom stereocenters. The predicted octanol–water partition coefficient (Wildman–Crippen LogP) is 2.52. The van der Waals surface area contributed by atoms with E-state index in [9.17, 15) is 8.78 Å². The smallest absolute Gasteiger partial charge is 0.162 e. The molecule has 5 heteroatoms. The van der Waals surface area contributed by atoms with Gasteiger partial charge >= 0.3 is 0 Å². The van der Waals surface area contributed by atoms with E-state index in [1.807, 2.05) is 0 Å². The lowest BCUT2D eigenvalue weighted by Gasteiger charge is -2.06. The molecule has 1 aromatic carbocycles. The summed E-state index contributed by atoms with van der Waals surface area (Å²) in [6.45, 7) is 0.220. The van der Waals surface area contributed by atoms with E-state index < -0.39 is 11.6 Å². The number of pyridine rings is 1. The first-order valence-corrected chi connectivity index (χ1v) is 4.93. The normalized spacial score (nSPS) is 10.2. The summed E-state index contributed by atoms with van der Waals surface area (Å²) in [5, 5.41) is 0. The van der Waals surface area contributed by atoms with E-state index in [-0.39, 0.29) is 12.4 Å². The van der Waals surface area contributed by atoms with Crippen LogP contribution in [0.25, 0.3) is 0 Å². The van der Waals surface area contributed by atoms with Crippen LogP contribution in [-0.4, -0.2) is 4.98 Å². The van der Waals surface area contributed by atoms with E-state index >= 15 is 0 Å². The molecular formula is C12H10F2N2O. The number of hydrogen-bond donors (Lipinski definition) is 1. The van der Waals surface area contributed by atoms with Crippen molar-refractivity contribution in [2.45, 2.75) is 6.61 Å². The number of rotatable bonds is 3. The molecular weight excluding hydrogens is 226 g/mol. The van der Waals surface area contributed by atoms with E-state index in [4.69, 9.17) is 10.5 Å². The minimum atomic E-state index is -0.934. The van der Waals surface area contributed by atoms with E-state index in [2.05, 4.69) is 4.98 Å². The maximum Gasteiger partial charge on any atom is 0.162 e. The fourth-order valence-electron chi connectivity index (χ4n) is 1.32. The number of benzene rings is 1. The largest absolute Gasteiger partial charge is 0.489 e. The highest BCUT2D eigenvalue weighted by atomic mass is 19.2.